The van der Waals surface area contributed by atoms with Crippen LogP contribution in [0.2, 0.25) is 0 Å². The number of hydrogen-bond acceptors (Lipinski definition) is 2. The fourth-order valence-corrected chi connectivity index (χ4v) is 3.14. The molecule has 1 aliphatic rings. The molecule has 1 aliphatic heterocycles. The molecule has 0 bridgehead atoms. The van der Waals surface area contributed by atoms with Crippen LogP contribution in [0, 0.1) is 5.92 Å². The Balaban J connectivity index is 1.98. The third-order valence-electron chi connectivity index (χ3n) is 3.79. The lowest BCUT2D eigenvalue weighted by Crippen LogP contribution is -2.46. The second-order valence-corrected chi connectivity index (χ2v) is 6.22. The summed E-state index contributed by atoms with van der Waals surface area (Å²) in [6, 6.07) is 7.69. The van der Waals surface area contributed by atoms with Gasteiger partial charge in [0.25, 0.3) is 0 Å². The molecule has 20 heavy (non-hydrogen) atoms. The molecule has 1 amide bonds. The smallest absolute Gasteiger partial charge is 0.306 e. The number of aliphatic carboxylic acids is 1. The van der Waals surface area contributed by atoms with Gasteiger partial charge in [-0.05, 0) is 37.5 Å². The Kier molecular flexibility index (Phi) is 4.81. The molecule has 5 heteroatoms. The van der Waals surface area contributed by atoms with Gasteiger partial charge in [0, 0.05) is 17.1 Å². The maximum atomic E-state index is 12.3. The van der Waals surface area contributed by atoms with Gasteiger partial charge >= 0.3 is 5.97 Å². The van der Waals surface area contributed by atoms with Crippen LogP contribution in [-0.4, -0.2) is 34.5 Å². The summed E-state index contributed by atoms with van der Waals surface area (Å²) in [6.07, 6.45) is 1.45. The zero-order valence-electron chi connectivity index (χ0n) is 11.4. The predicted molar refractivity (Wildman–Crippen MR) is 79.4 cm³/mol. The molecule has 1 aromatic carbocycles. The number of carbonyl (C=O) groups excluding carboxylic acids is 1. The number of rotatable bonds is 3. The zero-order valence-corrected chi connectivity index (χ0v) is 13.0. The Bertz CT molecular complexity index is 518. The first-order chi connectivity index (χ1) is 9.47. The highest BCUT2D eigenvalue weighted by Gasteiger charge is 2.31. The van der Waals surface area contributed by atoms with Gasteiger partial charge in [0.15, 0.2) is 0 Å². The normalized spacial score (nSPS) is 22.6. The minimum atomic E-state index is -0.754. The minimum absolute atomic E-state index is 0.00972. The molecular formula is C15H18BrNO3. The van der Waals surface area contributed by atoms with Gasteiger partial charge in [-0.25, -0.2) is 0 Å². The number of amides is 1. The summed E-state index contributed by atoms with van der Waals surface area (Å²) >= 11 is 3.39. The highest BCUT2D eigenvalue weighted by molar-refractivity contribution is 9.10. The van der Waals surface area contributed by atoms with Crippen molar-refractivity contribution in [3.63, 3.8) is 0 Å². The predicted octanol–water partition coefficient (Wildman–Crippen LogP) is 2.70. The van der Waals surface area contributed by atoms with E-state index in [2.05, 4.69) is 15.9 Å². The largest absolute Gasteiger partial charge is 0.481 e. The monoisotopic (exact) mass is 339 g/mol. The third kappa shape index (κ3) is 3.60. The van der Waals surface area contributed by atoms with Crippen molar-refractivity contribution in [2.45, 2.75) is 32.2 Å². The van der Waals surface area contributed by atoms with E-state index in [4.69, 9.17) is 5.11 Å². The number of halogens is 1. The van der Waals surface area contributed by atoms with Crippen molar-refractivity contribution in [3.05, 3.63) is 34.3 Å². The number of carbonyl (C=O) groups is 2. The van der Waals surface area contributed by atoms with Crippen LogP contribution in [0.1, 0.15) is 25.3 Å². The number of nitrogens with zero attached hydrogens (tertiary/aromatic N) is 1. The molecule has 0 saturated carbocycles. The zero-order chi connectivity index (χ0) is 14.7. The van der Waals surface area contributed by atoms with Crippen LogP contribution < -0.4 is 0 Å². The maximum Gasteiger partial charge on any atom is 0.306 e. The Labute approximate surface area is 126 Å². The number of hydrogen-bond donors (Lipinski definition) is 1. The Morgan fingerprint density at radius 3 is 2.80 bits per heavy atom. The lowest BCUT2D eigenvalue weighted by Gasteiger charge is -2.36. The summed E-state index contributed by atoms with van der Waals surface area (Å²) in [5.41, 5.74) is 0.969. The maximum absolute atomic E-state index is 12.3. The second kappa shape index (κ2) is 6.39. The van der Waals surface area contributed by atoms with Gasteiger partial charge in [0.2, 0.25) is 5.91 Å². The highest BCUT2D eigenvalue weighted by atomic mass is 79.9. The van der Waals surface area contributed by atoms with Crippen molar-refractivity contribution < 1.29 is 14.7 Å². The van der Waals surface area contributed by atoms with Crippen LogP contribution in [-0.2, 0) is 16.0 Å². The molecule has 2 unspecified atom stereocenters. The number of likely N-dealkylation sites (tertiary alicyclic amines) is 1. The Hall–Kier alpha value is -1.36. The molecule has 0 radical (unpaired) electrons. The summed E-state index contributed by atoms with van der Waals surface area (Å²) in [5.74, 6) is -1.00. The van der Waals surface area contributed by atoms with Crippen molar-refractivity contribution >= 4 is 27.8 Å². The van der Waals surface area contributed by atoms with E-state index in [9.17, 15) is 9.59 Å². The first kappa shape index (κ1) is 15.0. The number of piperidine rings is 1. The Morgan fingerprint density at radius 1 is 1.45 bits per heavy atom. The Morgan fingerprint density at radius 2 is 2.20 bits per heavy atom. The molecule has 1 heterocycles. The quantitative estimate of drug-likeness (QED) is 0.920. The van der Waals surface area contributed by atoms with Crippen LogP contribution in [0.25, 0.3) is 0 Å². The molecule has 4 nitrogen and oxygen atoms in total. The van der Waals surface area contributed by atoms with Crippen molar-refractivity contribution in [3.8, 4) is 0 Å². The van der Waals surface area contributed by atoms with Crippen molar-refractivity contribution in [1.29, 1.82) is 0 Å². The topological polar surface area (TPSA) is 57.6 Å². The lowest BCUT2D eigenvalue weighted by atomic mass is 9.91. The van der Waals surface area contributed by atoms with Crippen molar-refractivity contribution in [1.82, 2.24) is 4.90 Å². The van der Waals surface area contributed by atoms with Crippen LogP contribution in [0.4, 0.5) is 0 Å². The summed E-state index contributed by atoms with van der Waals surface area (Å²) in [6.45, 7) is 2.46. The molecule has 2 atom stereocenters. The fraction of sp³-hybridized carbons (Fsp3) is 0.467. The van der Waals surface area contributed by atoms with Gasteiger partial charge in [0.1, 0.15) is 0 Å². The van der Waals surface area contributed by atoms with Gasteiger partial charge in [-0.3, -0.25) is 9.59 Å². The fourth-order valence-electron chi connectivity index (χ4n) is 2.69. The standard InChI is InChI=1S/C15H18BrNO3/c1-10-7-12(15(19)20)5-6-17(10)14(18)9-11-3-2-4-13(16)8-11/h2-4,8,10,12H,5-7,9H2,1H3,(H,19,20). The van der Waals surface area contributed by atoms with Gasteiger partial charge < -0.3 is 10.0 Å². The molecule has 1 saturated heterocycles. The van der Waals surface area contributed by atoms with Gasteiger partial charge in [-0.1, -0.05) is 28.1 Å². The van der Waals surface area contributed by atoms with Crippen LogP contribution >= 0.6 is 15.9 Å². The average Bonchev–Trinajstić information content (AvgIpc) is 2.38. The van der Waals surface area contributed by atoms with E-state index in [-0.39, 0.29) is 17.9 Å². The van der Waals surface area contributed by atoms with E-state index in [1.807, 2.05) is 31.2 Å². The molecule has 1 N–H and O–H groups in total. The number of benzene rings is 1. The van der Waals surface area contributed by atoms with E-state index in [1.165, 1.54) is 0 Å². The van der Waals surface area contributed by atoms with E-state index < -0.39 is 5.97 Å². The number of carboxylic acids is 1. The van der Waals surface area contributed by atoms with E-state index in [0.717, 1.165) is 10.0 Å². The first-order valence-corrected chi connectivity index (χ1v) is 7.53. The van der Waals surface area contributed by atoms with Gasteiger partial charge in [-0.15, -0.1) is 0 Å². The molecule has 0 spiro atoms. The molecule has 1 fully saturated rings. The molecule has 2 rings (SSSR count). The highest BCUT2D eigenvalue weighted by Crippen LogP contribution is 2.24. The second-order valence-electron chi connectivity index (χ2n) is 5.30. The van der Waals surface area contributed by atoms with E-state index >= 15 is 0 Å². The first-order valence-electron chi connectivity index (χ1n) is 6.74. The van der Waals surface area contributed by atoms with Crippen molar-refractivity contribution in [2.75, 3.05) is 6.54 Å². The van der Waals surface area contributed by atoms with E-state index in [0.29, 0.717) is 25.8 Å². The molecule has 0 aliphatic carbocycles. The summed E-state index contributed by atoms with van der Waals surface area (Å²) < 4.78 is 0.959. The molecule has 1 aromatic rings. The SMILES string of the molecule is CC1CC(C(=O)O)CCN1C(=O)Cc1cccc(Br)c1. The van der Waals surface area contributed by atoms with Gasteiger partial charge in [-0.2, -0.15) is 0 Å². The van der Waals surface area contributed by atoms with Crippen LogP contribution in [0.3, 0.4) is 0 Å². The summed E-state index contributed by atoms with van der Waals surface area (Å²) in [5, 5.41) is 9.04. The van der Waals surface area contributed by atoms with Crippen LogP contribution in [0.15, 0.2) is 28.7 Å². The van der Waals surface area contributed by atoms with Crippen LogP contribution in [0.5, 0.6) is 0 Å². The summed E-state index contributed by atoms with van der Waals surface area (Å²) in [4.78, 5) is 25.1. The summed E-state index contributed by atoms with van der Waals surface area (Å²) in [7, 11) is 0. The average molecular weight is 340 g/mol. The minimum Gasteiger partial charge on any atom is -0.481 e. The lowest BCUT2D eigenvalue weighted by molar-refractivity contribution is -0.147. The van der Waals surface area contributed by atoms with Crippen molar-refractivity contribution in [2.24, 2.45) is 5.92 Å². The molecule has 108 valence electrons. The molecular weight excluding hydrogens is 322 g/mol. The van der Waals surface area contributed by atoms with Gasteiger partial charge in [0.05, 0.1) is 12.3 Å². The third-order valence-corrected chi connectivity index (χ3v) is 4.28. The molecule has 0 aromatic heterocycles. The van der Waals surface area contributed by atoms with E-state index in [1.54, 1.807) is 4.90 Å². The number of carboxylic acid groups (broad SMARTS) is 1.